The largest absolute Gasteiger partial charge is 0.395 e. The minimum absolute atomic E-state index is 0.104. The van der Waals surface area contributed by atoms with Crippen LogP contribution in [-0.2, 0) is 0 Å². The number of anilines is 1. The van der Waals surface area contributed by atoms with E-state index in [9.17, 15) is 10.4 Å². The molecule has 0 fully saturated rings. The van der Waals surface area contributed by atoms with Gasteiger partial charge in [0, 0.05) is 17.5 Å². The summed E-state index contributed by atoms with van der Waals surface area (Å²) >= 11 is 1.69. The van der Waals surface area contributed by atoms with E-state index >= 15 is 0 Å². The van der Waals surface area contributed by atoms with Crippen LogP contribution in [0.3, 0.4) is 0 Å². The van der Waals surface area contributed by atoms with Gasteiger partial charge in [0.2, 0.25) is 0 Å². The molecule has 3 nitrogen and oxygen atoms in total. The molecule has 110 valence electrons. The Morgan fingerprint density at radius 1 is 1.30 bits per heavy atom. The Kier molecular flexibility index (Phi) is 7.50. The molecule has 0 radical (unpaired) electrons. The fourth-order valence-corrected chi connectivity index (χ4v) is 3.26. The molecule has 0 aliphatic carbocycles. The van der Waals surface area contributed by atoms with Crippen molar-refractivity contribution in [2.75, 3.05) is 23.8 Å². The van der Waals surface area contributed by atoms with Gasteiger partial charge in [0.15, 0.2) is 0 Å². The molecule has 4 heteroatoms. The highest BCUT2D eigenvalue weighted by Crippen LogP contribution is 2.32. The molecular formula is C16H24N2OS. The molecule has 1 aromatic rings. The molecule has 0 saturated carbocycles. The predicted octanol–water partition coefficient (Wildman–Crippen LogP) is 3.66. The summed E-state index contributed by atoms with van der Waals surface area (Å²) < 4.78 is 0. The Bertz CT molecular complexity index is 452. The highest BCUT2D eigenvalue weighted by molar-refractivity contribution is 7.99. The highest BCUT2D eigenvalue weighted by atomic mass is 32.2. The summed E-state index contributed by atoms with van der Waals surface area (Å²) in [5, 5.41) is 18.9. The molecular weight excluding hydrogens is 268 g/mol. The number of aliphatic hydroxyl groups excluding tert-OH is 1. The number of aliphatic hydroxyl groups is 1. The van der Waals surface area contributed by atoms with Crippen molar-refractivity contribution in [3.63, 3.8) is 0 Å². The average molecular weight is 292 g/mol. The van der Waals surface area contributed by atoms with E-state index in [0.29, 0.717) is 12.6 Å². The van der Waals surface area contributed by atoms with Crippen LogP contribution in [0.25, 0.3) is 0 Å². The lowest BCUT2D eigenvalue weighted by molar-refractivity contribution is 0.296. The number of nitriles is 1. The number of benzene rings is 1. The van der Waals surface area contributed by atoms with E-state index in [1.54, 1.807) is 11.8 Å². The summed E-state index contributed by atoms with van der Waals surface area (Å²) in [6.45, 7) is 7.06. The predicted molar refractivity (Wildman–Crippen MR) is 86.4 cm³/mol. The molecule has 0 saturated heterocycles. The summed E-state index contributed by atoms with van der Waals surface area (Å²) in [6, 6.07) is 8.70. The van der Waals surface area contributed by atoms with Crippen molar-refractivity contribution in [1.29, 1.82) is 5.26 Å². The van der Waals surface area contributed by atoms with Crippen molar-refractivity contribution < 1.29 is 5.11 Å². The molecule has 0 atom stereocenters. The van der Waals surface area contributed by atoms with Crippen LogP contribution in [0, 0.1) is 11.3 Å². The van der Waals surface area contributed by atoms with Crippen LogP contribution in [0.1, 0.15) is 39.2 Å². The Morgan fingerprint density at radius 2 is 2.00 bits per heavy atom. The van der Waals surface area contributed by atoms with Gasteiger partial charge in [-0.05, 0) is 30.7 Å². The smallest absolute Gasteiger partial charge is 0.103 e. The molecule has 0 unspecified atom stereocenters. The van der Waals surface area contributed by atoms with E-state index in [4.69, 9.17) is 0 Å². The molecule has 1 rings (SSSR count). The lowest BCUT2D eigenvalue weighted by Gasteiger charge is -2.33. The Balaban J connectivity index is 3.25. The first-order chi connectivity index (χ1) is 9.73. The molecule has 1 N–H and O–H groups in total. The first-order valence-electron chi connectivity index (χ1n) is 7.26. The van der Waals surface area contributed by atoms with Crippen LogP contribution >= 0.6 is 11.8 Å². The van der Waals surface area contributed by atoms with Gasteiger partial charge in [-0.3, -0.25) is 0 Å². The first-order valence-corrected chi connectivity index (χ1v) is 8.25. The third-order valence-corrected chi connectivity index (χ3v) is 4.39. The fourth-order valence-electron chi connectivity index (χ4n) is 2.48. The number of thioether (sulfide) groups is 1. The number of nitrogens with zero attached hydrogens (tertiary/aromatic N) is 2. The van der Waals surface area contributed by atoms with Gasteiger partial charge < -0.3 is 10.0 Å². The normalized spacial score (nSPS) is 10.6. The van der Waals surface area contributed by atoms with Crippen molar-refractivity contribution in [2.24, 2.45) is 0 Å². The van der Waals surface area contributed by atoms with Gasteiger partial charge in [0.1, 0.15) is 6.07 Å². The summed E-state index contributed by atoms with van der Waals surface area (Å²) in [4.78, 5) is 3.21. The van der Waals surface area contributed by atoms with Gasteiger partial charge in [-0.1, -0.05) is 26.8 Å². The third kappa shape index (κ3) is 3.91. The van der Waals surface area contributed by atoms with Gasteiger partial charge >= 0.3 is 0 Å². The van der Waals surface area contributed by atoms with Crippen LogP contribution in [0.4, 0.5) is 5.69 Å². The quantitative estimate of drug-likeness (QED) is 0.743. The SMILES string of the molecule is CCSc1cccc(N(CCO)C(CC)CC)c1C#N. The van der Waals surface area contributed by atoms with Crippen molar-refractivity contribution in [3.05, 3.63) is 23.8 Å². The summed E-state index contributed by atoms with van der Waals surface area (Å²) in [5.41, 5.74) is 1.69. The van der Waals surface area contributed by atoms with Gasteiger partial charge in [-0.25, -0.2) is 0 Å². The Hall–Kier alpha value is -1.18. The third-order valence-electron chi connectivity index (χ3n) is 3.45. The van der Waals surface area contributed by atoms with Crippen molar-refractivity contribution in [1.82, 2.24) is 0 Å². The Morgan fingerprint density at radius 3 is 2.50 bits per heavy atom. The van der Waals surface area contributed by atoms with Gasteiger partial charge in [-0.2, -0.15) is 5.26 Å². The maximum atomic E-state index is 9.52. The van der Waals surface area contributed by atoms with Crippen LogP contribution in [-0.4, -0.2) is 30.1 Å². The fraction of sp³-hybridized carbons (Fsp3) is 0.562. The second-order valence-corrected chi connectivity index (χ2v) is 5.89. The lowest BCUT2D eigenvalue weighted by Crippen LogP contribution is -2.37. The summed E-state index contributed by atoms with van der Waals surface area (Å²) in [6.07, 6.45) is 2.01. The highest BCUT2D eigenvalue weighted by Gasteiger charge is 2.19. The van der Waals surface area contributed by atoms with Gasteiger partial charge in [0.25, 0.3) is 0 Å². The van der Waals surface area contributed by atoms with Crippen molar-refractivity contribution in [3.8, 4) is 6.07 Å². The minimum atomic E-state index is 0.104. The summed E-state index contributed by atoms with van der Waals surface area (Å²) in [7, 11) is 0. The van der Waals surface area contributed by atoms with Crippen LogP contribution < -0.4 is 4.90 Å². The summed E-state index contributed by atoms with van der Waals surface area (Å²) in [5.74, 6) is 0.948. The van der Waals surface area contributed by atoms with Gasteiger partial charge in [0.05, 0.1) is 17.9 Å². The molecule has 0 aliphatic heterocycles. The van der Waals surface area contributed by atoms with E-state index in [0.717, 1.165) is 34.7 Å². The van der Waals surface area contributed by atoms with E-state index in [2.05, 4.69) is 31.7 Å². The van der Waals surface area contributed by atoms with E-state index in [1.807, 2.05) is 18.2 Å². The van der Waals surface area contributed by atoms with Gasteiger partial charge in [-0.15, -0.1) is 11.8 Å². The number of hydrogen-bond acceptors (Lipinski definition) is 4. The topological polar surface area (TPSA) is 47.3 Å². The van der Waals surface area contributed by atoms with Crippen LogP contribution in [0.2, 0.25) is 0 Å². The molecule has 0 aliphatic rings. The second kappa shape index (κ2) is 8.89. The van der Waals surface area contributed by atoms with E-state index in [-0.39, 0.29) is 6.61 Å². The molecule has 0 spiro atoms. The molecule has 20 heavy (non-hydrogen) atoms. The first kappa shape index (κ1) is 16.9. The maximum Gasteiger partial charge on any atom is 0.103 e. The zero-order valence-corrected chi connectivity index (χ0v) is 13.4. The zero-order valence-electron chi connectivity index (χ0n) is 12.6. The Labute approximate surface area is 126 Å². The number of rotatable bonds is 8. The molecule has 1 aromatic carbocycles. The molecule has 0 aromatic heterocycles. The lowest BCUT2D eigenvalue weighted by atomic mass is 10.1. The molecule has 0 amide bonds. The standard InChI is InChI=1S/C16H24N2OS/c1-4-13(5-2)18(10-11-19)15-8-7-9-16(20-6-3)14(15)12-17/h7-9,13,19H,4-6,10-11H2,1-3H3. The van der Waals surface area contributed by atoms with E-state index in [1.165, 1.54) is 0 Å². The zero-order chi connectivity index (χ0) is 15.0. The second-order valence-electron chi connectivity index (χ2n) is 4.58. The van der Waals surface area contributed by atoms with Crippen molar-refractivity contribution in [2.45, 2.75) is 44.6 Å². The maximum absolute atomic E-state index is 9.52. The van der Waals surface area contributed by atoms with Crippen molar-refractivity contribution >= 4 is 17.4 Å². The van der Waals surface area contributed by atoms with Crippen LogP contribution in [0.5, 0.6) is 0 Å². The molecule has 0 bridgehead atoms. The molecule has 0 heterocycles. The van der Waals surface area contributed by atoms with E-state index < -0.39 is 0 Å². The monoisotopic (exact) mass is 292 g/mol. The average Bonchev–Trinajstić information content (AvgIpc) is 2.47. The van der Waals surface area contributed by atoms with Crippen LogP contribution in [0.15, 0.2) is 23.1 Å². The minimum Gasteiger partial charge on any atom is -0.395 e. The number of hydrogen-bond donors (Lipinski definition) is 1.